The first-order valence-electron chi connectivity index (χ1n) is 21.7. The summed E-state index contributed by atoms with van der Waals surface area (Å²) < 4.78 is 7.27. The average molecular weight is 802 g/mol. The van der Waals surface area contributed by atoms with Gasteiger partial charge in [-0.05, 0) is 118 Å². The highest BCUT2D eigenvalue weighted by Gasteiger charge is 2.20. The minimum Gasteiger partial charge on any atom is -0.309 e. The van der Waals surface area contributed by atoms with E-state index in [0.717, 1.165) is 17.1 Å². The molecule has 0 saturated carbocycles. The topological polar surface area (TPSA) is 14.8 Å². The molecule has 0 spiro atoms. The Labute approximate surface area is 364 Å². The Morgan fingerprint density at radius 2 is 0.492 bits per heavy atom. The molecule has 63 heavy (non-hydrogen) atoms. The number of aromatic nitrogens is 3. The third kappa shape index (κ3) is 5.60. The van der Waals surface area contributed by atoms with Crippen molar-refractivity contribution in [1.29, 1.82) is 0 Å². The van der Waals surface area contributed by atoms with Crippen molar-refractivity contribution in [1.82, 2.24) is 13.7 Å². The highest BCUT2D eigenvalue weighted by Crippen LogP contribution is 2.42. The van der Waals surface area contributed by atoms with Gasteiger partial charge >= 0.3 is 0 Å². The molecule has 3 nitrogen and oxygen atoms in total. The molecule has 0 aliphatic carbocycles. The summed E-state index contributed by atoms with van der Waals surface area (Å²) in [7, 11) is 0. The molecule has 3 heteroatoms. The summed E-state index contributed by atoms with van der Waals surface area (Å²) in [6.07, 6.45) is 0. The second kappa shape index (κ2) is 14.1. The van der Waals surface area contributed by atoms with Crippen LogP contribution in [0.1, 0.15) is 0 Å². The van der Waals surface area contributed by atoms with E-state index in [-0.39, 0.29) is 0 Å². The van der Waals surface area contributed by atoms with Crippen LogP contribution in [0.25, 0.3) is 116 Å². The number of hydrogen-bond donors (Lipinski definition) is 0. The Bertz CT molecular complexity index is 3850. The molecule has 0 atom stereocenters. The van der Waals surface area contributed by atoms with E-state index in [4.69, 9.17) is 0 Å². The number of benzene rings is 10. The fourth-order valence-corrected chi connectivity index (χ4v) is 10.1. The van der Waals surface area contributed by atoms with E-state index in [9.17, 15) is 0 Å². The lowest BCUT2D eigenvalue weighted by molar-refractivity contribution is 1.16. The molecule has 0 bridgehead atoms. The van der Waals surface area contributed by atoms with Gasteiger partial charge in [-0.1, -0.05) is 152 Å². The standard InChI is InChI=1S/C60H39N3/c1-4-14-40(15-5-1)42-24-30-47(31-25-42)61-55-22-12-10-20-49(55)51-36-44(28-34-57(51)61)45-29-35-58-52(37-45)54-38-53-50-21-11-13-23-56(50)63(48-32-26-43(27-33-48)41-16-6-2-7-17-41)59(53)39-60(54)62(58)46-18-8-3-9-19-46/h1-39H. The van der Waals surface area contributed by atoms with Crippen LogP contribution in [-0.2, 0) is 0 Å². The summed E-state index contributed by atoms with van der Waals surface area (Å²) >= 11 is 0. The summed E-state index contributed by atoms with van der Waals surface area (Å²) in [5, 5.41) is 7.45. The minimum absolute atomic E-state index is 1.14. The molecule has 0 unspecified atom stereocenters. The zero-order valence-corrected chi connectivity index (χ0v) is 34.4. The van der Waals surface area contributed by atoms with Crippen LogP contribution < -0.4 is 0 Å². The Hall–Kier alpha value is -8.40. The molecule has 13 aromatic rings. The van der Waals surface area contributed by atoms with Crippen molar-refractivity contribution in [3.8, 4) is 50.4 Å². The fourth-order valence-electron chi connectivity index (χ4n) is 10.1. The van der Waals surface area contributed by atoms with Gasteiger partial charge in [-0.2, -0.15) is 0 Å². The number of nitrogens with zero attached hydrogens (tertiary/aromatic N) is 3. The summed E-state index contributed by atoms with van der Waals surface area (Å²) in [5.74, 6) is 0. The molecular weight excluding hydrogens is 763 g/mol. The van der Waals surface area contributed by atoms with Gasteiger partial charge in [-0.3, -0.25) is 0 Å². The first-order valence-corrected chi connectivity index (χ1v) is 21.7. The van der Waals surface area contributed by atoms with Gasteiger partial charge in [0.1, 0.15) is 0 Å². The molecule has 0 radical (unpaired) electrons. The Kier molecular flexibility index (Phi) is 7.91. The van der Waals surface area contributed by atoms with Crippen LogP contribution in [0, 0.1) is 0 Å². The fraction of sp³-hybridized carbons (Fsp3) is 0. The van der Waals surface area contributed by atoms with Gasteiger partial charge in [0.15, 0.2) is 0 Å². The molecule has 294 valence electrons. The van der Waals surface area contributed by atoms with Gasteiger partial charge in [-0.25, -0.2) is 0 Å². The van der Waals surface area contributed by atoms with Crippen molar-refractivity contribution >= 4 is 65.4 Å². The first-order chi connectivity index (χ1) is 31.2. The van der Waals surface area contributed by atoms with Crippen LogP contribution in [-0.4, -0.2) is 13.7 Å². The predicted octanol–water partition coefficient (Wildman–Crippen LogP) is 16.0. The van der Waals surface area contributed by atoms with Crippen LogP contribution in [0.5, 0.6) is 0 Å². The zero-order valence-electron chi connectivity index (χ0n) is 34.4. The largest absolute Gasteiger partial charge is 0.309 e. The van der Waals surface area contributed by atoms with E-state index < -0.39 is 0 Å². The lowest BCUT2D eigenvalue weighted by atomic mass is 10.00. The van der Waals surface area contributed by atoms with Crippen LogP contribution >= 0.6 is 0 Å². The number of hydrogen-bond acceptors (Lipinski definition) is 0. The molecule has 0 aliphatic heterocycles. The van der Waals surface area contributed by atoms with Crippen LogP contribution in [0.4, 0.5) is 0 Å². The minimum atomic E-state index is 1.14. The van der Waals surface area contributed by atoms with Gasteiger partial charge in [0.05, 0.1) is 33.1 Å². The Morgan fingerprint density at radius 1 is 0.175 bits per heavy atom. The molecule has 0 aliphatic rings. The molecule has 0 saturated heterocycles. The van der Waals surface area contributed by atoms with Crippen molar-refractivity contribution in [2.45, 2.75) is 0 Å². The molecule has 0 amide bonds. The SMILES string of the molecule is c1ccc(-c2ccc(-n3c4ccccc4c4cc(-c5ccc6c(c5)c5cc7c8ccccc8n(-c8ccc(-c9ccccc9)cc8)c7cc5n6-c5ccccc5)ccc43)cc2)cc1. The summed E-state index contributed by atoms with van der Waals surface area (Å²) in [6.45, 7) is 0. The second-order valence-corrected chi connectivity index (χ2v) is 16.6. The number of rotatable bonds is 6. The van der Waals surface area contributed by atoms with Gasteiger partial charge in [0.2, 0.25) is 0 Å². The van der Waals surface area contributed by atoms with Gasteiger partial charge in [0, 0.05) is 49.4 Å². The van der Waals surface area contributed by atoms with E-state index in [2.05, 4.69) is 250 Å². The van der Waals surface area contributed by atoms with Crippen LogP contribution in [0.2, 0.25) is 0 Å². The van der Waals surface area contributed by atoms with E-state index in [1.54, 1.807) is 0 Å². The average Bonchev–Trinajstić information content (AvgIpc) is 3.99. The van der Waals surface area contributed by atoms with Gasteiger partial charge in [0.25, 0.3) is 0 Å². The lowest BCUT2D eigenvalue weighted by Gasteiger charge is -2.11. The van der Waals surface area contributed by atoms with Gasteiger partial charge < -0.3 is 13.7 Å². The van der Waals surface area contributed by atoms with E-state index in [1.165, 1.54) is 98.8 Å². The third-order valence-corrected chi connectivity index (χ3v) is 13.0. The van der Waals surface area contributed by atoms with Crippen molar-refractivity contribution in [2.75, 3.05) is 0 Å². The molecule has 3 aromatic heterocycles. The van der Waals surface area contributed by atoms with Crippen LogP contribution in [0.3, 0.4) is 0 Å². The van der Waals surface area contributed by atoms with Gasteiger partial charge in [-0.15, -0.1) is 0 Å². The van der Waals surface area contributed by atoms with Crippen molar-refractivity contribution in [3.05, 3.63) is 237 Å². The molecule has 3 heterocycles. The maximum absolute atomic E-state index is 2.44. The molecular formula is C60H39N3. The molecule has 0 fully saturated rings. The zero-order chi connectivity index (χ0) is 41.4. The smallest absolute Gasteiger partial charge is 0.0562 e. The normalized spacial score (nSPS) is 11.8. The van der Waals surface area contributed by atoms with Crippen molar-refractivity contribution < 1.29 is 0 Å². The first kappa shape index (κ1) is 35.4. The third-order valence-electron chi connectivity index (χ3n) is 13.0. The Morgan fingerprint density at radius 3 is 0.984 bits per heavy atom. The molecule has 13 rings (SSSR count). The maximum Gasteiger partial charge on any atom is 0.0562 e. The second-order valence-electron chi connectivity index (χ2n) is 16.6. The van der Waals surface area contributed by atoms with Crippen molar-refractivity contribution in [2.24, 2.45) is 0 Å². The predicted molar refractivity (Wildman–Crippen MR) is 266 cm³/mol. The summed E-state index contributed by atoms with van der Waals surface area (Å²) in [4.78, 5) is 0. The quantitative estimate of drug-likeness (QED) is 0.159. The van der Waals surface area contributed by atoms with Crippen molar-refractivity contribution in [3.63, 3.8) is 0 Å². The summed E-state index contributed by atoms with van der Waals surface area (Å²) in [6, 6.07) is 86.4. The highest BCUT2D eigenvalue weighted by molar-refractivity contribution is 6.20. The molecule has 0 N–H and O–H groups in total. The lowest BCUT2D eigenvalue weighted by Crippen LogP contribution is -1.96. The monoisotopic (exact) mass is 801 g/mol. The van der Waals surface area contributed by atoms with E-state index >= 15 is 0 Å². The number of fused-ring (bicyclic) bond motifs is 9. The maximum atomic E-state index is 2.44. The van der Waals surface area contributed by atoms with E-state index in [0.29, 0.717) is 0 Å². The Balaban J connectivity index is 0.989. The number of para-hydroxylation sites is 3. The summed E-state index contributed by atoms with van der Waals surface area (Å²) in [5.41, 5.74) is 17.9. The van der Waals surface area contributed by atoms with Crippen LogP contribution in [0.15, 0.2) is 237 Å². The van der Waals surface area contributed by atoms with E-state index in [1.807, 2.05) is 0 Å². The highest BCUT2D eigenvalue weighted by atomic mass is 15.0. The molecule has 10 aromatic carbocycles.